The van der Waals surface area contributed by atoms with Crippen molar-refractivity contribution in [3.05, 3.63) is 35.9 Å². The summed E-state index contributed by atoms with van der Waals surface area (Å²) in [6.07, 6.45) is 6.76. The van der Waals surface area contributed by atoms with E-state index in [0.29, 0.717) is 12.0 Å². The molecule has 0 bridgehead atoms. The number of rotatable bonds is 7. The van der Waals surface area contributed by atoms with Crippen LogP contribution in [0.1, 0.15) is 64.4 Å². The van der Waals surface area contributed by atoms with E-state index >= 15 is 0 Å². The van der Waals surface area contributed by atoms with Crippen molar-refractivity contribution in [1.29, 1.82) is 0 Å². The molecule has 1 saturated heterocycles. The molecule has 21 heavy (non-hydrogen) atoms. The number of hydrogen-bond acceptors (Lipinski definition) is 2. The van der Waals surface area contributed by atoms with Crippen LogP contribution in [0.2, 0.25) is 0 Å². The minimum Gasteiger partial charge on any atom is -0.378 e. The Bertz CT molecular complexity index is 390. The van der Waals surface area contributed by atoms with Crippen LogP contribution in [0.5, 0.6) is 0 Å². The van der Waals surface area contributed by atoms with Gasteiger partial charge < -0.3 is 10.1 Å². The predicted molar refractivity (Wildman–Crippen MR) is 89.8 cm³/mol. The highest BCUT2D eigenvalue weighted by atomic mass is 16.5. The lowest BCUT2D eigenvalue weighted by atomic mass is 9.91. The quantitative estimate of drug-likeness (QED) is 0.797. The third-order valence-corrected chi connectivity index (χ3v) is 4.25. The van der Waals surface area contributed by atoms with Crippen molar-refractivity contribution >= 4 is 0 Å². The first-order valence-electron chi connectivity index (χ1n) is 8.46. The van der Waals surface area contributed by atoms with E-state index in [1.165, 1.54) is 37.7 Å². The number of ether oxygens (including phenoxy) is 1. The van der Waals surface area contributed by atoms with Gasteiger partial charge in [-0.05, 0) is 57.9 Å². The maximum Gasteiger partial charge on any atom is 0.0576 e. The molecule has 1 fully saturated rings. The van der Waals surface area contributed by atoms with Gasteiger partial charge in [-0.15, -0.1) is 0 Å². The Morgan fingerprint density at radius 2 is 2.00 bits per heavy atom. The summed E-state index contributed by atoms with van der Waals surface area (Å²) in [5.41, 5.74) is 1.64. The van der Waals surface area contributed by atoms with Gasteiger partial charge in [0.25, 0.3) is 0 Å². The van der Waals surface area contributed by atoms with Crippen molar-refractivity contribution in [3.63, 3.8) is 0 Å². The third kappa shape index (κ3) is 6.19. The average molecular weight is 289 g/mol. The maximum absolute atomic E-state index is 5.74. The highest BCUT2D eigenvalue weighted by molar-refractivity contribution is 5.20. The Balaban J connectivity index is 1.85. The van der Waals surface area contributed by atoms with Crippen LogP contribution in [0, 0.1) is 0 Å². The van der Waals surface area contributed by atoms with E-state index < -0.39 is 0 Å². The second kappa shape index (κ2) is 7.95. The summed E-state index contributed by atoms with van der Waals surface area (Å²) in [6, 6.07) is 10.9. The van der Waals surface area contributed by atoms with Gasteiger partial charge in [0.1, 0.15) is 0 Å². The smallest absolute Gasteiger partial charge is 0.0576 e. The minimum absolute atomic E-state index is 0.182. The second-order valence-corrected chi connectivity index (χ2v) is 7.30. The van der Waals surface area contributed by atoms with Gasteiger partial charge >= 0.3 is 0 Å². The van der Waals surface area contributed by atoms with Crippen molar-refractivity contribution in [2.45, 2.75) is 70.4 Å². The van der Waals surface area contributed by atoms with Gasteiger partial charge in [-0.25, -0.2) is 0 Å². The first-order chi connectivity index (χ1) is 10.0. The fraction of sp³-hybridized carbons (Fsp3) is 0.684. The maximum atomic E-state index is 5.74. The molecule has 1 heterocycles. The average Bonchev–Trinajstić information content (AvgIpc) is 2.95. The standard InChI is InChI=1S/C19H31NO/c1-19(2,3)20-15-17(16-9-5-4-6-10-16)11-7-12-18-13-8-14-21-18/h4-6,9-10,17-18,20H,7-8,11-15H2,1-3H3. The summed E-state index contributed by atoms with van der Waals surface area (Å²) < 4.78 is 5.74. The van der Waals surface area contributed by atoms with Crippen LogP contribution in [0.3, 0.4) is 0 Å². The van der Waals surface area contributed by atoms with Crippen LogP contribution in [-0.4, -0.2) is 24.8 Å². The highest BCUT2D eigenvalue weighted by Gasteiger charge is 2.18. The van der Waals surface area contributed by atoms with Crippen LogP contribution >= 0.6 is 0 Å². The molecule has 0 radical (unpaired) electrons. The lowest BCUT2D eigenvalue weighted by molar-refractivity contribution is 0.101. The summed E-state index contributed by atoms with van der Waals surface area (Å²) in [7, 11) is 0. The Labute approximate surface area is 130 Å². The second-order valence-electron chi connectivity index (χ2n) is 7.30. The van der Waals surface area contributed by atoms with Gasteiger partial charge in [-0.3, -0.25) is 0 Å². The number of nitrogens with one attached hydrogen (secondary N) is 1. The Kier molecular flexibility index (Phi) is 6.25. The van der Waals surface area contributed by atoms with Gasteiger partial charge in [0.05, 0.1) is 6.10 Å². The molecule has 0 spiro atoms. The van der Waals surface area contributed by atoms with Gasteiger partial charge in [0, 0.05) is 18.7 Å². The zero-order valence-corrected chi connectivity index (χ0v) is 13.9. The molecule has 1 aromatic rings. The molecule has 2 nitrogen and oxygen atoms in total. The summed E-state index contributed by atoms with van der Waals surface area (Å²) in [5, 5.41) is 3.67. The van der Waals surface area contributed by atoms with E-state index in [4.69, 9.17) is 4.74 Å². The molecule has 1 aliphatic rings. The van der Waals surface area contributed by atoms with Gasteiger partial charge in [0.15, 0.2) is 0 Å². The largest absolute Gasteiger partial charge is 0.378 e. The Morgan fingerprint density at radius 1 is 1.24 bits per heavy atom. The van der Waals surface area contributed by atoms with E-state index in [2.05, 4.69) is 56.4 Å². The van der Waals surface area contributed by atoms with Crippen molar-refractivity contribution in [1.82, 2.24) is 5.32 Å². The van der Waals surface area contributed by atoms with Gasteiger partial charge in [-0.1, -0.05) is 36.8 Å². The summed E-state index contributed by atoms with van der Waals surface area (Å²) in [6.45, 7) is 8.74. The molecule has 0 saturated carbocycles. The van der Waals surface area contributed by atoms with Crippen molar-refractivity contribution in [3.8, 4) is 0 Å². The van der Waals surface area contributed by atoms with Crippen LogP contribution < -0.4 is 5.32 Å². The lowest BCUT2D eigenvalue weighted by Gasteiger charge is -2.26. The monoisotopic (exact) mass is 289 g/mol. The zero-order chi connectivity index (χ0) is 15.1. The molecular weight excluding hydrogens is 258 g/mol. The minimum atomic E-state index is 0.182. The zero-order valence-electron chi connectivity index (χ0n) is 13.9. The predicted octanol–water partition coefficient (Wildman–Crippen LogP) is 4.51. The van der Waals surface area contributed by atoms with E-state index in [-0.39, 0.29) is 5.54 Å². The molecule has 1 N–H and O–H groups in total. The fourth-order valence-corrected chi connectivity index (χ4v) is 3.01. The SMILES string of the molecule is CC(C)(C)NCC(CCCC1CCCO1)c1ccccc1. The molecule has 0 aromatic heterocycles. The molecule has 0 amide bonds. The van der Waals surface area contributed by atoms with Crippen molar-refractivity contribution in [2.75, 3.05) is 13.2 Å². The summed E-state index contributed by atoms with van der Waals surface area (Å²) in [4.78, 5) is 0. The van der Waals surface area contributed by atoms with E-state index in [1.807, 2.05) is 0 Å². The van der Waals surface area contributed by atoms with Gasteiger partial charge in [0.2, 0.25) is 0 Å². The molecule has 1 aliphatic heterocycles. The van der Waals surface area contributed by atoms with E-state index in [9.17, 15) is 0 Å². The van der Waals surface area contributed by atoms with Crippen LogP contribution in [0.4, 0.5) is 0 Å². The van der Waals surface area contributed by atoms with Gasteiger partial charge in [-0.2, -0.15) is 0 Å². The van der Waals surface area contributed by atoms with Crippen LogP contribution in [0.15, 0.2) is 30.3 Å². The molecule has 2 rings (SSSR count). The first-order valence-corrected chi connectivity index (χ1v) is 8.46. The normalized spacial score (nSPS) is 20.6. The topological polar surface area (TPSA) is 21.3 Å². The molecule has 118 valence electrons. The summed E-state index contributed by atoms with van der Waals surface area (Å²) >= 11 is 0. The molecule has 2 unspecified atom stereocenters. The van der Waals surface area contributed by atoms with Crippen molar-refractivity contribution < 1.29 is 4.74 Å². The fourth-order valence-electron chi connectivity index (χ4n) is 3.01. The molecule has 1 aromatic carbocycles. The number of benzene rings is 1. The summed E-state index contributed by atoms with van der Waals surface area (Å²) in [5.74, 6) is 0.604. The highest BCUT2D eigenvalue weighted by Crippen LogP contribution is 2.25. The third-order valence-electron chi connectivity index (χ3n) is 4.25. The lowest BCUT2D eigenvalue weighted by Crippen LogP contribution is -2.38. The molecular formula is C19H31NO. The molecule has 2 heteroatoms. The van der Waals surface area contributed by atoms with Crippen molar-refractivity contribution in [2.24, 2.45) is 0 Å². The Hall–Kier alpha value is -0.860. The Morgan fingerprint density at radius 3 is 2.62 bits per heavy atom. The van der Waals surface area contributed by atoms with Crippen LogP contribution in [0.25, 0.3) is 0 Å². The number of hydrogen-bond donors (Lipinski definition) is 1. The molecule has 2 atom stereocenters. The van der Waals surface area contributed by atoms with Crippen LogP contribution in [-0.2, 0) is 4.74 Å². The van der Waals surface area contributed by atoms with E-state index in [0.717, 1.165) is 13.2 Å². The first kappa shape index (κ1) is 16.5. The molecule has 0 aliphatic carbocycles. The van der Waals surface area contributed by atoms with E-state index in [1.54, 1.807) is 0 Å².